The minimum Gasteiger partial charge on any atom is -0.392 e. The third-order valence-corrected chi connectivity index (χ3v) is 5.70. The molecule has 4 heterocycles. The lowest BCUT2D eigenvalue weighted by Crippen LogP contribution is -2.21. The van der Waals surface area contributed by atoms with Gasteiger partial charge in [-0.1, -0.05) is 17.7 Å². The molecule has 5 aromatic rings. The Hall–Kier alpha value is -4.49. The van der Waals surface area contributed by atoms with Gasteiger partial charge in [0, 0.05) is 28.7 Å². The van der Waals surface area contributed by atoms with Gasteiger partial charge in [0.25, 0.3) is 11.5 Å². The van der Waals surface area contributed by atoms with E-state index < -0.39 is 28.9 Å². The monoisotopic (exact) mass is 529 g/mol. The van der Waals surface area contributed by atoms with Crippen LogP contribution in [0.5, 0.6) is 0 Å². The van der Waals surface area contributed by atoms with Crippen LogP contribution in [0.3, 0.4) is 0 Å². The molecule has 0 saturated heterocycles. The number of carbonyl (C=O) groups is 1. The first-order valence-corrected chi connectivity index (χ1v) is 10.9. The van der Waals surface area contributed by atoms with Crippen molar-refractivity contribution in [3.05, 3.63) is 93.5 Å². The molecule has 0 aliphatic rings. The molecule has 0 aliphatic heterocycles. The summed E-state index contributed by atoms with van der Waals surface area (Å²) >= 11 is 6.24. The molecule has 0 atom stereocenters. The Kier molecular flexibility index (Phi) is 6.01. The molecular weight excluding hydrogens is 515 g/mol. The van der Waals surface area contributed by atoms with E-state index in [0.29, 0.717) is 10.2 Å². The van der Waals surface area contributed by atoms with Crippen molar-refractivity contribution in [2.75, 3.05) is 5.32 Å². The average Bonchev–Trinajstić information content (AvgIpc) is 3.52. The SMILES string of the molecule is O=C(Nc1cnc(-n2cc(CO)cn2)c(Cl)c1)c1cnn(-c2cccc3c(=O)[nH]ccc23)c1C(F)(F)F. The number of nitrogens with zero attached hydrogens (tertiary/aromatic N) is 5. The van der Waals surface area contributed by atoms with E-state index in [1.165, 1.54) is 59.8 Å². The van der Waals surface area contributed by atoms with Gasteiger partial charge in [-0.05, 0) is 24.3 Å². The minimum absolute atomic E-state index is 0.0227. The van der Waals surface area contributed by atoms with E-state index in [1.807, 2.05) is 0 Å². The molecule has 37 heavy (non-hydrogen) atoms. The molecule has 188 valence electrons. The predicted molar refractivity (Wildman–Crippen MR) is 127 cm³/mol. The largest absolute Gasteiger partial charge is 0.434 e. The van der Waals surface area contributed by atoms with Crippen molar-refractivity contribution in [1.82, 2.24) is 29.5 Å². The highest BCUT2D eigenvalue weighted by Gasteiger charge is 2.41. The Bertz CT molecular complexity index is 1710. The number of aromatic nitrogens is 6. The van der Waals surface area contributed by atoms with Crippen molar-refractivity contribution in [2.24, 2.45) is 0 Å². The van der Waals surface area contributed by atoms with Crippen molar-refractivity contribution in [3.63, 3.8) is 0 Å². The van der Waals surface area contributed by atoms with Crippen LogP contribution >= 0.6 is 11.6 Å². The number of carbonyl (C=O) groups excluding carboxylic acids is 1. The Morgan fingerprint density at radius 1 is 1.14 bits per heavy atom. The molecule has 4 aromatic heterocycles. The van der Waals surface area contributed by atoms with Gasteiger partial charge in [0.15, 0.2) is 11.5 Å². The maximum atomic E-state index is 14.2. The third-order valence-electron chi connectivity index (χ3n) is 5.42. The zero-order chi connectivity index (χ0) is 26.3. The number of halogens is 4. The molecule has 0 saturated carbocycles. The van der Waals surface area contributed by atoms with Crippen LogP contribution < -0.4 is 10.9 Å². The fourth-order valence-corrected chi connectivity index (χ4v) is 4.04. The van der Waals surface area contributed by atoms with Crippen molar-refractivity contribution in [2.45, 2.75) is 12.8 Å². The third kappa shape index (κ3) is 4.45. The minimum atomic E-state index is -4.96. The molecule has 0 radical (unpaired) electrons. The van der Waals surface area contributed by atoms with Crippen molar-refractivity contribution >= 4 is 34.0 Å². The summed E-state index contributed by atoms with van der Waals surface area (Å²) in [4.78, 5) is 31.6. The van der Waals surface area contributed by atoms with Crippen molar-refractivity contribution < 1.29 is 23.1 Å². The summed E-state index contributed by atoms with van der Waals surface area (Å²) in [5, 5.41) is 19.8. The molecule has 1 aromatic carbocycles. The van der Waals surface area contributed by atoms with E-state index in [1.54, 1.807) is 0 Å². The van der Waals surface area contributed by atoms with Gasteiger partial charge in [-0.15, -0.1) is 0 Å². The van der Waals surface area contributed by atoms with Gasteiger partial charge in [0.1, 0.15) is 0 Å². The second-order valence-electron chi connectivity index (χ2n) is 7.80. The van der Waals surface area contributed by atoms with Gasteiger partial charge >= 0.3 is 6.18 Å². The zero-order valence-electron chi connectivity index (χ0n) is 18.5. The second-order valence-corrected chi connectivity index (χ2v) is 8.20. The smallest absolute Gasteiger partial charge is 0.392 e. The van der Waals surface area contributed by atoms with E-state index >= 15 is 0 Å². The molecular formula is C23H15ClF3N7O3. The van der Waals surface area contributed by atoms with Crippen LogP contribution in [0.15, 0.2) is 66.1 Å². The lowest BCUT2D eigenvalue weighted by molar-refractivity contribution is -0.143. The molecule has 0 unspecified atom stereocenters. The molecule has 0 bridgehead atoms. The van der Waals surface area contributed by atoms with Crippen LogP contribution in [-0.4, -0.2) is 40.5 Å². The average molecular weight is 530 g/mol. The fourth-order valence-electron chi connectivity index (χ4n) is 3.78. The van der Waals surface area contributed by atoms with E-state index in [4.69, 9.17) is 11.6 Å². The first kappa shape index (κ1) is 24.2. The number of aliphatic hydroxyl groups is 1. The highest BCUT2D eigenvalue weighted by atomic mass is 35.5. The number of benzene rings is 1. The van der Waals surface area contributed by atoms with Crippen LogP contribution in [0.1, 0.15) is 21.6 Å². The Morgan fingerprint density at radius 2 is 1.95 bits per heavy atom. The predicted octanol–water partition coefficient (Wildman–Crippen LogP) is 3.71. The van der Waals surface area contributed by atoms with Gasteiger partial charge in [-0.3, -0.25) is 9.59 Å². The molecule has 5 rings (SSSR count). The van der Waals surface area contributed by atoms with E-state index in [-0.39, 0.29) is 39.6 Å². The molecule has 14 heteroatoms. The number of aromatic amines is 1. The fraction of sp³-hybridized carbons (Fsp3) is 0.0870. The van der Waals surface area contributed by atoms with E-state index in [9.17, 15) is 27.9 Å². The number of rotatable bonds is 5. The lowest BCUT2D eigenvalue weighted by Gasteiger charge is -2.14. The molecule has 0 aliphatic carbocycles. The maximum Gasteiger partial charge on any atom is 0.434 e. The number of hydrogen-bond donors (Lipinski definition) is 3. The first-order valence-electron chi connectivity index (χ1n) is 10.5. The molecule has 1 amide bonds. The molecule has 3 N–H and O–H groups in total. The van der Waals surface area contributed by atoms with Gasteiger partial charge in [0.05, 0.1) is 47.2 Å². The summed E-state index contributed by atoms with van der Waals surface area (Å²) in [7, 11) is 0. The van der Waals surface area contributed by atoms with E-state index in [2.05, 4.69) is 25.5 Å². The maximum absolute atomic E-state index is 14.2. The number of amides is 1. The number of alkyl halides is 3. The molecule has 0 spiro atoms. The summed E-state index contributed by atoms with van der Waals surface area (Å²) in [5.74, 6) is -0.905. The summed E-state index contributed by atoms with van der Waals surface area (Å²) in [6, 6.07) is 7.01. The highest BCUT2D eigenvalue weighted by molar-refractivity contribution is 6.32. The van der Waals surface area contributed by atoms with Crippen LogP contribution in [0.2, 0.25) is 5.02 Å². The standard InChI is InChI=1S/C23H15ClF3N7O3/c24-17-6-13(8-29-20(17)33-10-12(11-35)7-30-33)32-22(37)16-9-31-34(19(16)23(25,26)27)18-3-1-2-15-14(18)4-5-28-21(15)36/h1-10,35H,11H2,(H,28,36)(H,32,37). The second kappa shape index (κ2) is 9.19. The number of H-pyrrole nitrogens is 1. The zero-order valence-corrected chi connectivity index (χ0v) is 19.2. The summed E-state index contributed by atoms with van der Waals surface area (Å²) in [5.41, 5.74) is -2.01. The summed E-state index contributed by atoms with van der Waals surface area (Å²) in [6.45, 7) is -0.240. The Morgan fingerprint density at radius 3 is 2.65 bits per heavy atom. The number of fused-ring (bicyclic) bond motifs is 1. The number of pyridine rings is 2. The number of hydrogen-bond acceptors (Lipinski definition) is 6. The normalized spacial score (nSPS) is 11.7. The first-order chi connectivity index (χ1) is 17.7. The van der Waals surface area contributed by atoms with Gasteiger partial charge in [-0.2, -0.15) is 23.4 Å². The molecule has 0 fully saturated rings. The Balaban J connectivity index is 1.51. The lowest BCUT2D eigenvalue weighted by atomic mass is 10.1. The topological polar surface area (TPSA) is 131 Å². The summed E-state index contributed by atoms with van der Waals surface area (Å²) < 4.78 is 44.4. The van der Waals surface area contributed by atoms with Crippen molar-refractivity contribution in [3.8, 4) is 11.5 Å². The van der Waals surface area contributed by atoms with Gasteiger partial charge < -0.3 is 15.4 Å². The van der Waals surface area contributed by atoms with Crippen molar-refractivity contribution in [1.29, 1.82) is 0 Å². The summed E-state index contributed by atoms with van der Waals surface area (Å²) in [6.07, 6.45) is 1.26. The Labute approximate surface area is 209 Å². The van der Waals surface area contributed by atoms with Crippen LogP contribution in [-0.2, 0) is 12.8 Å². The van der Waals surface area contributed by atoms with Crippen LogP contribution in [0.4, 0.5) is 18.9 Å². The number of nitrogens with one attached hydrogen (secondary N) is 2. The van der Waals surface area contributed by atoms with Gasteiger partial charge in [0.2, 0.25) is 0 Å². The van der Waals surface area contributed by atoms with E-state index in [0.717, 1.165) is 6.20 Å². The number of aliphatic hydroxyl groups excluding tert-OH is 1. The number of anilines is 1. The highest BCUT2D eigenvalue weighted by Crippen LogP contribution is 2.35. The molecule has 10 nitrogen and oxygen atoms in total. The van der Waals surface area contributed by atoms with Crippen LogP contribution in [0, 0.1) is 0 Å². The van der Waals surface area contributed by atoms with Crippen LogP contribution in [0.25, 0.3) is 22.3 Å². The van der Waals surface area contributed by atoms with Gasteiger partial charge in [-0.25, -0.2) is 14.3 Å². The quantitative estimate of drug-likeness (QED) is 0.318.